The Hall–Kier alpha value is -1.12. The molecule has 1 atom stereocenters. The van der Waals surface area contributed by atoms with Gasteiger partial charge in [-0.05, 0) is 6.92 Å². The molecule has 0 aliphatic carbocycles. The normalized spacial score (nSPS) is 14.1. The van der Waals surface area contributed by atoms with Crippen LogP contribution in [-0.2, 0) is 10.0 Å². The molecule has 0 aliphatic heterocycles. The molecular formula is C6H12N4O3S. The zero-order valence-corrected chi connectivity index (χ0v) is 8.37. The van der Waals surface area contributed by atoms with Gasteiger partial charge in [0.25, 0.3) is 0 Å². The average molecular weight is 220 g/mol. The average Bonchev–Trinajstić information content (AvgIpc) is 2.48. The Morgan fingerprint density at radius 1 is 1.79 bits per heavy atom. The third-order valence-corrected chi connectivity index (χ3v) is 2.94. The fourth-order valence-electron chi connectivity index (χ4n) is 0.807. The molecule has 0 aliphatic rings. The number of nitrogens with two attached hydrogens (primary N) is 1. The maximum Gasteiger partial charge on any atom is 0.245 e. The maximum absolute atomic E-state index is 11.5. The smallest absolute Gasteiger partial charge is 0.245 e. The molecule has 0 bridgehead atoms. The second kappa shape index (κ2) is 3.95. The largest absolute Gasteiger partial charge is 0.392 e. The number of hydrogen-bond acceptors (Lipinski definition) is 5. The van der Waals surface area contributed by atoms with Gasteiger partial charge in [0.15, 0.2) is 0 Å². The molecule has 0 spiro atoms. The number of aliphatic hydroxyl groups is 1. The molecule has 14 heavy (non-hydrogen) atoms. The summed E-state index contributed by atoms with van der Waals surface area (Å²) in [7, 11) is -3.67. The molecule has 5 N–H and O–H groups in total. The second-order valence-corrected chi connectivity index (χ2v) is 4.58. The van der Waals surface area contributed by atoms with Crippen LogP contribution in [0.5, 0.6) is 0 Å². The summed E-state index contributed by atoms with van der Waals surface area (Å²) >= 11 is 0. The summed E-state index contributed by atoms with van der Waals surface area (Å²) in [6.07, 6.45) is 0.359. The van der Waals surface area contributed by atoms with E-state index in [-0.39, 0.29) is 17.3 Å². The van der Waals surface area contributed by atoms with Gasteiger partial charge >= 0.3 is 0 Å². The van der Waals surface area contributed by atoms with Gasteiger partial charge in [0.2, 0.25) is 10.0 Å². The molecule has 0 aromatic carbocycles. The van der Waals surface area contributed by atoms with Crippen molar-refractivity contribution < 1.29 is 13.5 Å². The number of rotatable bonds is 4. The quantitative estimate of drug-likeness (QED) is 0.500. The molecule has 0 unspecified atom stereocenters. The number of H-pyrrole nitrogens is 1. The summed E-state index contributed by atoms with van der Waals surface area (Å²) in [5.74, 6) is -0.0249. The van der Waals surface area contributed by atoms with Gasteiger partial charge in [-0.2, -0.15) is 5.10 Å². The molecule has 7 nitrogen and oxygen atoms in total. The number of aromatic nitrogens is 2. The van der Waals surface area contributed by atoms with Crippen molar-refractivity contribution in [3.8, 4) is 0 Å². The van der Waals surface area contributed by atoms with E-state index in [1.165, 1.54) is 6.92 Å². The molecule has 0 fully saturated rings. The van der Waals surface area contributed by atoms with Crippen LogP contribution >= 0.6 is 0 Å². The van der Waals surface area contributed by atoms with Crippen LogP contribution < -0.4 is 10.5 Å². The number of nitrogens with one attached hydrogen (secondary N) is 2. The molecule has 80 valence electrons. The first-order valence-corrected chi connectivity index (χ1v) is 5.38. The van der Waals surface area contributed by atoms with Gasteiger partial charge in [0.05, 0.1) is 12.3 Å². The van der Waals surface area contributed by atoms with E-state index < -0.39 is 16.1 Å². The molecule has 1 heterocycles. The highest BCUT2D eigenvalue weighted by atomic mass is 32.2. The Balaban J connectivity index is 2.82. The van der Waals surface area contributed by atoms with Crippen LogP contribution in [0.15, 0.2) is 11.1 Å². The number of aromatic amines is 1. The SMILES string of the molecule is C[C@@H](O)CNS(=O)(=O)c1cn[nH]c1N. The molecule has 1 rings (SSSR count). The Morgan fingerprint density at radius 2 is 2.43 bits per heavy atom. The van der Waals surface area contributed by atoms with Crippen LogP contribution in [0.2, 0.25) is 0 Å². The van der Waals surface area contributed by atoms with Crippen LogP contribution in [0, 0.1) is 0 Å². The van der Waals surface area contributed by atoms with Gasteiger partial charge in [0.1, 0.15) is 10.7 Å². The highest BCUT2D eigenvalue weighted by Crippen LogP contribution is 2.12. The van der Waals surface area contributed by atoms with Gasteiger partial charge in [-0.15, -0.1) is 0 Å². The lowest BCUT2D eigenvalue weighted by Crippen LogP contribution is -2.30. The summed E-state index contributed by atoms with van der Waals surface area (Å²) in [4.78, 5) is -0.113. The minimum atomic E-state index is -3.67. The zero-order valence-electron chi connectivity index (χ0n) is 7.56. The topological polar surface area (TPSA) is 121 Å². The first kappa shape index (κ1) is 11.0. The van der Waals surface area contributed by atoms with Crippen molar-refractivity contribution in [2.75, 3.05) is 12.3 Å². The summed E-state index contributed by atoms with van der Waals surface area (Å²) in [6.45, 7) is 1.41. The Kier molecular flexibility index (Phi) is 3.09. The number of sulfonamides is 1. The third-order valence-electron chi connectivity index (χ3n) is 1.49. The first-order valence-electron chi connectivity index (χ1n) is 3.90. The minimum Gasteiger partial charge on any atom is -0.392 e. The van der Waals surface area contributed by atoms with E-state index in [1.54, 1.807) is 0 Å². The van der Waals surface area contributed by atoms with Gasteiger partial charge in [-0.3, -0.25) is 5.10 Å². The predicted molar refractivity (Wildman–Crippen MR) is 49.9 cm³/mol. The van der Waals surface area contributed by atoms with E-state index in [4.69, 9.17) is 10.8 Å². The van der Waals surface area contributed by atoms with Crippen molar-refractivity contribution in [3.63, 3.8) is 0 Å². The van der Waals surface area contributed by atoms with Crippen LogP contribution in [-0.4, -0.2) is 36.4 Å². The Labute approximate surface area is 81.4 Å². The lowest BCUT2D eigenvalue weighted by Gasteiger charge is -2.06. The maximum atomic E-state index is 11.5. The number of hydrogen-bond donors (Lipinski definition) is 4. The monoisotopic (exact) mass is 220 g/mol. The van der Waals surface area contributed by atoms with E-state index in [9.17, 15) is 8.42 Å². The fourth-order valence-corrected chi connectivity index (χ4v) is 1.95. The van der Waals surface area contributed by atoms with Gasteiger partial charge in [-0.25, -0.2) is 13.1 Å². The molecule has 8 heteroatoms. The summed E-state index contributed by atoms with van der Waals surface area (Å²) in [5, 5.41) is 14.7. The van der Waals surface area contributed by atoms with Crippen molar-refractivity contribution in [2.24, 2.45) is 0 Å². The molecule has 1 aromatic heterocycles. The van der Waals surface area contributed by atoms with Gasteiger partial charge < -0.3 is 10.8 Å². The van der Waals surface area contributed by atoms with Crippen molar-refractivity contribution >= 4 is 15.8 Å². The number of nitrogen functional groups attached to an aromatic ring is 1. The van der Waals surface area contributed by atoms with E-state index in [0.717, 1.165) is 6.20 Å². The zero-order chi connectivity index (χ0) is 10.8. The van der Waals surface area contributed by atoms with Gasteiger partial charge in [0, 0.05) is 6.54 Å². The van der Waals surface area contributed by atoms with E-state index >= 15 is 0 Å². The lowest BCUT2D eigenvalue weighted by atomic mass is 10.4. The molecule has 0 saturated heterocycles. The molecule has 1 aromatic rings. The van der Waals surface area contributed by atoms with E-state index in [0.29, 0.717) is 0 Å². The van der Waals surface area contributed by atoms with Crippen LogP contribution in [0.4, 0.5) is 5.82 Å². The van der Waals surface area contributed by atoms with E-state index in [1.807, 2.05) is 0 Å². The minimum absolute atomic E-state index is 0.0249. The Bertz CT molecular complexity index is 397. The van der Waals surface area contributed by atoms with Crippen molar-refractivity contribution in [1.29, 1.82) is 0 Å². The standard InChI is InChI=1S/C6H12N4O3S/c1-4(11)2-9-14(12,13)5-3-8-10-6(5)7/h3-4,9,11H,2H2,1H3,(H3,7,8,10)/t4-/m1/s1. The Morgan fingerprint density at radius 3 is 2.86 bits per heavy atom. The first-order chi connectivity index (χ1) is 6.43. The van der Waals surface area contributed by atoms with Crippen LogP contribution in [0.25, 0.3) is 0 Å². The van der Waals surface area contributed by atoms with Crippen LogP contribution in [0.3, 0.4) is 0 Å². The third kappa shape index (κ3) is 2.44. The van der Waals surface area contributed by atoms with Gasteiger partial charge in [-0.1, -0.05) is 0 Å². The molecule has 0 saturated carbocycles. The van der Waals surface area contributed by atoms with E-state index in [2.05, 4.69) is 14.9 Å². The molecule has 0 radical (unpaired) electrons. The van der Waals surface area contributed by atoms with Crippen molar-refractivity contribution in [3.05, 3.63) is 6.20 Å². The summed E-state index contributed by atoms with van der Waals surface area (Å²) in [6, 6.07) is 0. The fraction of sp³-hybridized carbons (Fsp3) is 0.500. The van der Waals surface area contributed by atoms with Crippen molar-refractivity contribution in [2.45, 2.75) is 17.9 Å². The number of anilines is 1. The lowest BCUT2D eigenvalue weighted by molar-refractivity contribution is 0.198. The molecular weight excluding hydrogens is 208 g/mol. The predicted octanol–water partition coefficient (Wildman–Crippen LogP) is -1.35. The number of aliphatic hydroxyl groups excluding tert-OH is 1. The van der Waals surface area contributed by atoms with Crippen LogP contribution in [0.1, 0.15) is 6.92 Å². The second-order valence-electron chi connectivity index (χ2n) is 2.85. The summed E-state index contributed by atoms with van der Waals surface area (Å²) in [5.41, 5.74) is 5.33. The molecule has 0 amide bonds. The van der Waals surface area contributed by atoms with Crippen molar-refractivity contribution in [1.82, 2.24) is 14.9 Å². The highest BCUT2D eigenvalue weighted by Gasteiger charge is 2.19. The highest BCUT2D eigenvalue weighted by molar-refractivity contribution is 7.89. The number of nitrogens with zero attached hydrogens (tertiary/aromatic N) is 1. The summed E-state index contributed by atoms with van der Waals surface area (Å²) < 4.78 is 25.1.